The van der Waals surface area contributed by atoms with Gasteiger partial charge >= 0.3 is 0 Å². The van der Waals surface area contributed by atoms with Gasteiger partial charge in [0, 0.05) is 51.9 Å². The average molecular weight is 441 g/mol. The molecule has 1 heterocycles. The van der Waals surface area contributed by atoms with Gasteiger partial charge in [-0.2, -0.15) is 0 Å². The van der Waals surface area contributed by atoms with Crippen LogP contribution in [0.25, 0.3) is 0 Å². The highest BCUT2D eigenvalue weighted by Crippen LogP contribution is 2.26. The molecule has 1 aromatic rings. The summed E-state index contributed by atoms with van der Waals surface area (Å²) in [7, 11) is -0.794. The Kier molecular flexibility index (Phi) is 8.63. The van der Waals surface area contributed by atoms with E-state index in [-0.39, 0.29) is 35.4 Å². The summed E-state index contributed by atoms with van der Waals surface area (Å²) in [6.07, 6.45) is 0.979. The van der Waals surface area contributed by atoms with E-state index >= 15 is 0 Å². The Hall–Kier alpha value is -2.17. The van der Waals surface area contributed by atoms with Gasteiger partial charge in [-0.25, -0.2) is 12.7 Å². The van der Waals surface area contributed by atoms with Crippen LogP contribution in [0.4, 0.5) is 5.69 Å². The van der Waals surface area contributed by atoms with Gasteiger partial charge in [0.05, 0.1) is 23.7 Å². The third kappa shape index (κ3) is 6.16. The summed E-state index contributed by atoms with van der Waals surface area (Å²) in [4.78, 5) is 26.9. The maximum Gasteiger partial charge on any atom is 0.253 e. The van der Waals surface area contributed by atoms with Crippen molar-refractivity contribution in [1.82, 2.24) is 14.9 Å². The van der Waals surface area contributed by atoms with Crippen molar-refractivity contribution in [3.8, 4) is 0 Å². The summed E-state index contributed by atoms with van der Waals surface area (Å²) in [5, 5.41) is 5.59. The molecule has 2 N–H and O–H groups in total. The van der Waals surface area contributed by atoms with E-state index in [1.54, 1.807) is 6.07 Å². The fourth-order valence-electron chi connectivity index (χ4n) is 2.98. The number of nitrogens with one attached hydrogen (secondary N) is 2. The van der Waals surface area contributed by atoms with Crippen molar-refractivity contribution in [1.29, 1.82) is 0 Å². The molecule has 10 heteroatoms. The standard InChI is InChI=1S/C20H32N4O5S/c1-5-15(2)22-19(25)8-9-21-20(26)17-14-16(30(27,28)23(3)4)6-7-18(17)24-10-12-29-13-11-24/h6-7,14-15H,5,8-13H2,1-4H3,(H,21,26)(H,22,25). The second-order valence-corrected chi connectivity index (χ2v) is 9.60. The molecule has 2 rings (SSSR count). The van der Waals surface area contributed by atoms with E-state index in [0.29, 0.717) is 32.0 Å². The number of hydrogen-bond donors (Lipinski definition) is 2. The molecule has 1 saturated heterocycles. The van der Waals surface area contributed by atoms with Crippen molar-refractivity contribution < 1.29 is 22.7 Å². The van der Waals surface area contributed by atoms with Crippen molar-refractivity contribution in [2.75, 3.05) is 51.8 Å². The van der Waals surface area contributed by atoms with Crippen LogP contribution < -0.4 is 15.5 Å². The number of hydrogen-bond acceptors (Lipinski definition) is 6. The van der Waals surface area contributed by atoms with Crippen molar-refractivity contribution in [2.24, 2.45) is 0 Å². The van der Waals surface area contributed by atoms with Crippen LogP contribution in [0.3, 0.4) is 0 Å². The van der Waals surface area contributed by atoms with Crippen molar-refractivity contribution in [3.63, 3.8) is 0 Å². The molecule has 9 nitrogen and oxygen atoms in total. The van der Waals surface area contributed by atoms with Crippen LogP contribution in [0.15, 0.2) is 23.1 Å². The normalized spacial score (nSPS) is 15.7. The van der Waals surface area contributed by atoms with Crippen LogP contribution in [-0.2, 0) is 19.6 Å². The predicted molar refractivity (Wildman–Crippen MR) is 115 cm³/mol. The summed E-state index contributed by atoms with van der Waals surface area (Å²) in [6.45, 7) is 6.35. The summed E-state index contributed by atoms with van der Waals surface area (Å²) in [5.74, 6) is -0.550. The number of sulfonamides is 1. The zero-order valence-electron chi connectivity index (χ0n) is 18.1. The maximum atomic E-state index is 12.9. The Morgan fingerprint density at radius 3 is 2.50 bits per heavy atom. The first-order valence-electron chi connectivity index (χ1n) is 10.1. The Bertz CT molecular complexity index is 851. The minimum absolute atomic E-state index is 0.0455. The SMILES string of the molecule is CCC(C)NC(=O)CCNC(=O)c1cc(S(=O)(=O)N(C)C)ccc1N1CCOCC1. The number of amides is 2. The maximum absolute atomic E-state index is 12.9. The lowest BCUT2D eigenvalue weighted by Gasteiger charge is -2.30. The van der Waals surface area contributed by atoms with E-state index < -0.39 is 15.9 Å². The van der Waals surface area contributed by atoms with E-state index in [4.69, 9.17) is 4.74 Å². The number of carbonyl (C=O) groups is 2. The van der Waals surface area contributed by atoms with Crippen molar-refractivity contribution >= 4 is 27.5 Å². The molecule has 1 aliphatic heterocycles. The number of anilines is 1. The smallest absolute Gasteiger partial charge is 0.253 e. The largest absolute Gasteiger partial charge is 0.378 e. The first-order chi connectivity index (χ1) is 14.2. The molecule has 0 spiro atoms. The van der Waals surface area contributed by atoms with Crippen LogP contribution in [0.2, 0.25) is 0 Å². The van der Waals surface area contributed by atoms with Crippen LogP contribution in [-0.4, -0.2) is 77.5 Å². The Morgan fingerprint density at radius 1 is 1.23 bits per heavy atom. The number of nitrogens with zero attached hydrogens (tertiary/aromatic N) is 2. The number of benzene rings is 1. The van der Waals surface area contributed by atoms with Gasteiger partial charge in [-0.15, -0.1) is 0 Å². The van der Waals surface area contributed by atoms with Crippen LogP contribution in [0.5, 0.6) is 0 Å². The molecule has 1 unspecified atom stereocenters. The predicted octanol–water partition coefficient (Wildman–Crippen LogP) is 0.808. The van der Waals surface area contributed by atoms with Crippen LogP contribution >= 0.6 is 0 Å². The number of morpholine rings is 1. The lowest BCUT2D eigenvalue weighted by molar-refractivity contribution is -0.121. The Labute approximate surface area is 178 Å². The first-order valence-corrected chi connectivity index (χ1v) is 11.6. The summed E-state index contributed by atoms with van der Waals surface area (Å²) in [5.41, 5.74) is 0.916. The fourth-order valence-corrected chi connectivity index (χ4v) is 3.91. The van der Waals surface area contributed by atoms with Gasteiger partial charge in [0.15, 0.2) is 0 Å². The highest BCUT2D eigenvalue weighted by molar-refractivity contribution is 7.89. The summed E-state index contributed by atoms with van der Waals surface area (Å²) in [6, 6.07) is 4.64. The molecule has 0 bridgehead atoms. The minimum atomic E-state index is -3.68. The van der Waals surface area contributed by atoms with E-state index in [2.05, 4.69) is 10.6 Å². The zero-order valence-corrected chi connectivity index (χ0v) is 18.9. The molecule has 2 amide bonds. The molecule has 30 heavy (non-hydrogen) atoms. The quantitative estimate of drug-likeness (QED) is 0.588. The number of carbonyl (C=O) groups excluding carboxylic acids is 2. The minimum Gasteiger partial charge on any atom is -0.378 e. The third-order valence-electron chi connectivity index (χ3n) is 5.00. The van der Waals surface area contributed by atoms with E-state index in [0.717, 1.165) is 10.7 Å². The molecule has 1 aliphatic rings. The van der Waals surface area contributed by atoms with E-state index in [1.165, 1.54) is 26.2 Å². The van der Waals surface area contributed by atoms with Gasteiger partial charge in [0.1, 0.15) is 0 Å². The highest BCUT2D eigenvalue weighted by atomic mass is 32.2. The number of ether oxygens (including phenoxy) is 1. The second kappa shape index (κ2) is 10.7. The Morgan fingerprint density at radius 2 is 1.90 bits per heavy atom. The van der Waals surface area contributed by atoms with Crippen LogP contribution in [0, 0.1) is 0 Å². The second-order valence-electron chi connectivity index (χ2n) is 7.45. The molecule has 0 saturated carbocycles. The summed E-state index contributed by atoms with van der Waals surface area (Å²) >= 11 is 0. The molecule has 0 aliphatic carbocycles. The van der Waals surface area contributed by atoms with Crippen LogP contribution in [0.1, 0.15) is 37.0 Å². The zero-order chi connectivity index (χ0) is 22.3. The molecule has 1 aromatic carbocycles. The van der Waals surface area contributed by atoms with E-state index in [1.807, 2.05) is 18.7 Å². The molecule has 1 fully saturated rings. The van der Waals surface area contributed by atoms with Gasteiger partial charge in [-0.3, -0.25) is 9.59 Å². The average Bonchev–Trinajstić information content (AvgIpc) is 2.73. The lowest BCUT2D eigenvalue weighted by Crippen LogP contribution is -2.38. The third-order valence-corrected chi connectivity index (χ3v) is 6.81. The van der Waals surface area contributed by atoms with Crippen molar-refractivity contribution in [3.05, 3.63) is 23.8 Å². The molecule has 0 radical (unpaired) electrons. The van der Waals surface area contributed by atoms with Gasteiger partial charge < -0.3 is 20.3 Å². The highest BCUT2D eigenvalue weighted by Gasteiger charge is 2.24. The molecular formula is C20H32N4O5S. The van der Waals surface area contributed by atoms with Gasteiger partial charge in [0.2, 0.25) is 15.9 Å². The van der Waals surface area contributed by atoms with Crippen molar-refractivity contribution in [2.45, 2.75) is 37.6 Å². The fraction of sp³-hybridized carbons (Fsp3) is 0.600. The van der Waals surface area contributed by atoms with Gasteiger partial charge in [-0.05, 0) is 31.5 Å². The van der Waals surface area contributed by atoms with Gasteiger partial charge in [-0.1, -0.05) is 6.92 Å². The monoisotopic (exact) mass is 440 g/mol. The molecule has 0 aromatic heterocycles. The summed E-state index contributed by atoms with van der Waals surface area (Å²) < 4.78 is 31.6. The Balaban J connectivity index is 2.21. The first kappa shape index (κ1) is 24.1. The molecule has 1 atom stereocenters. The van der Waals surface area contributed by atoms with Gasteiger partial charge in [0.25, 0.3) is 5.91 Å². The topological polar surface area (TPSA) is 108 Å². The molecule has 168 valence electrons. The molecular weight excluding hydrogens is 408 g/mol. The van der Waals surface area contributed by atoms with E-state index in [9.17, 15) is 18.0 Å². The lowest BCUT2D eigenvalue weighted by atomic mass is 10.1. The number of rotatable bonds is 9.